The summed E-state index contributed by atoms with van der Waals surface area (Å²) >= 11 is 6.12. The van der Waals surface area contributed by atoms with Crippen LogP contribution in [0.25, 0.3) is 6.08 Å². The number of hydrogen-bond donors (Lipinski definition) is 2. The lowest BCUT2D eigenvalue weighted by Crippen LogP contribution is -2.35. The smallest absolute Gasteiger partial charge is 0.0939 e. The maximum atomic E-state index is 6.28. The first-order chi connectivity index (χ1) is 9.66. The van der Waals surface area contributed by atoms with E-state index in [-0.39, 0.29) is 6.04 Å². The average molecular weight is 290 g/mol. The van der Waals surface area contributed by atoms with Crippen LogP contribution in [0.5, 0.6) is 0 Å². The van der Waals surface area contributed by atoms with Gasteiger partial charge in [0.15, 0.2) is 0 Å². The summed E-state index contributed by atoms with van der Waals surface area (Å²) in [6.07, 6.45) is 6.21. The van der Waals surface area contributed by atoms with Crippen LogP contribution in [-0.4, -0.2) is 33.4 Å². The Bertz CT molecular complexity index is 649. The highest BCUT2D eigenvalue weighted by Gasteiger charge is 2.29. The lowest BCUT2D eigenvalue weighted by molar-refractivity contribution is 0.255. The van der Waals surface area contributed by atoms with Gasteiger partial charge in [-0.15, -0.1) is 0 Å². The van der Waals surface area contributed by atoms with Crippen molar-refractivity contribution in [3.05, 3.63) is 52.5 Å². The van der Waals surface area contributed by atoms with Crippen LogP contribution in [0, 0.1) is 0 Å². The topological polar surface area (TPSA) is 70.8 Å². The van der Waals surface area contributed by atoms with Gasteiger partial charge in [0.05, 0.1) is 28.8 Å². The van der Waals surface area contributed by atoms with E-state index in [4.69, 9.17) is 17.3 Å². The van der Waals surface area contributed by atoms with E-state index in [0.717, 1.165) is 24.4 Å². The average Bonchev–Trinajstić information content (AvgIpc) is 2.89. The largest absolute Gasteiger partial charge is 0.400 e. The second kappa shape index (κ2) is 5.26. The standard InChI is InChI=1S/C14H16ClN5/c1-20-6-4-11-13(19-8-18-11)14(20)10(16)7-12-9(15)3-2-5-17-12/h2-3,5,7-8,14H,4,6,16H2,1H3,(H,18,19)/b10-7-. The quantitative estimate of drug-likeness (QED) is 0.887. The summed E-state index contributed by atoms with van der Waals surface area (Å²) in [7, 11) is 2.04. The fourth-order valence-electron chi connectivity index (χ4n) is 2.55. The number of rotatable bonds is 2. The molecule has 1 aliphatic rings. The van der Waals surface area contributed by atoms with Crippen LogP contribution in [0.3, 0.4) is 0 Å². The molecule has 0 saturated carbocycles. The Morgan fingerprint density at radius 1 is 1.55 bits per heavy atom. The molecule has 104 valence electrons. The highest BCUT2D eigenvalue weighted by atomic mass is 35.5. The Labute approximate surface area is 122 Å². The Morgan fingerprint density at radius 2 is 2.40 bits per heavy atom. The molecule has 1 atom stereocenters. The molecule has 0 bridgehead atoms. The zero-order valence-electron chi connectivity index (χ0n) is 11.2. The maximum Gasteiger partial charge on any atom is 0.0939 e. The monoisotopic (exact) mass is 289 g/mol. The summed E-state index contributed by atoms with van der Waals surface area (Å²) in [5.74, 6) is 0. The Hall–Kier alpha value is -1.85. The molecular weight excluding hydrogens is 274 g/mol. The predicted octanol–water partition coefficient (Wildman–Crippen LogP) is 1.99. The van der Waals surface area contributed by atoms with Crippen molar-refractivity contribution in [2.24, 2.45) is 5.73 Å². The van der Waals surface area contributed by atoms with Crippen LogP contribution in [0.15, 0.2) is 30.4 Å². The molecule has 0 aromatic carbocycles. The van der Waals surface area contributed by atoms with E-state index in [1.54, 1.807) is 24.7 Å². The van der Waals surface area contributed by atoms with Crippen molar-refractivity contribution >= 4 is 17.7 Å². The van der Waals surface area contributed by atoms with Gasteiger partial charge in [0.2, 0.25) is 0 Å². The number of nitrogens with one attached hydrogen (secondary N) is 1. The van der Waals surface area contributed by atoms with E-state index in [1.165, 1.54) is 0 Å². The maximum absolute atomic E-state index is 6.28. The van der Waals surface area contributed by atoms with Gasteiger partial charge in [-0.3, -0.25) is 9.88 Å². The van der Waals surface area contributed by atoms with Gasteiger partial charge in [0.25, 0.3) is 0 Å². The van der Waals surface area contributed by atoms with E-state index in [1.807, 2.05) is 13.1 Å². The van der Waals surface area contributed by atoms with Crippen molar-refractivity contribution < 1.29 is 0 Å². The van der Waals surface area contributed by atoms with Crippen molar-refractivity contribution in [1.82, 2.24) is 19.9 Å². The third-order valence-electron chi connectivity index (χ3n) is 3.57. The van der Waals surface area contributed by atoms with E-state index < -0.39 is 0 Å². The number of H-pyrrole nitrogens is 1. The lowest BCUT2D eigenvalue weighted by Gasteiger charge is -2.31. The predicted molar refractivity (Wildman–Crippen MR) is 79.1 cm³/mol. The number of halogens is 1. The zero-order chi connectivity index (χ0) is 14.1. The summed E-state index contributed by atoms with van der Waals surface area (Å²) in [4.78, 5) is 14.0. The molecule has 20 heavy (non-hydrogen) atoms. The molecule has 3 rings (SSSR count). The van der Waals surface area contributed by atoms with Gasteiger partial charge in [-0.25, -0.2) is 4.98 Å². The van der Waals surface area contributed by atoms with Crippen molar-refractivity contribution in [3.8, 4) is 0 Å². The molecule has 1 aliphatic heterocycles. The summed E-state index contributed by atoms with van der Waals surface area (Å²) in [5.41, 5.74) is 9.79. The molecule has 2 aromatic heterocycles. The molecule has 0 amide bonds. The van der Waals surface area contributed by atoms with Crippen LogP contribution in [0.4, 0.5) is 0 Å². The van der Waals surface area contributed by atoms with Gasteiger partial charge < -0.3 is 10.7 Å². The van der Waals surface area contributed by atoms with E-state index >= 15 is 0 Å². The number of pyridine rings is 1. The van der Waals surface area contributed by atoms with Crippen molar-refractivity contribution in [1.29, 1.82) is 0 Å². The van der Waals surface area contributed by atoms with E-state index in [2.05, 4.69) is 19.9 Å². The van der Waals surface area contributed by atoms with Crippen LogP contribution in [-0.2, 0) is 6.42 Å². The fraction of sp³-hybridized carbons (Fsp3) is 0.286. The molecule has 0 aliphatic carbocycles. The number of nitrogens with two attached hydrogens (primary N) is 1. The Kier molecular flexibility index (Phi) is 3.46. The van der Waals surface area contributed by atoms with Gasteiger partial charge in [-0.2, -0.15) is 0 Å². The van der Waals surface area contributed by atoms with Crippen LogP contribution < -0.4 is 5.73 Å². The second-order valence-electron chi connectivity index (χ2n) is 4.91. The minimum atomic E-state index is -0.0388. The number of imidazole rings is 1. The van der Waals surface area contributed by atoms with Crippen LogP contribution >= 0.6 is 11.6 Å². The molecule has 3 N–H and O–H groups in total. The molecule has 5 nitrogen and oxygen atoms in total. The number of aromatic amines is 1. The van der Waals surface area contributed by atoms with E-state index in [9.17, 15) is 0 Å². The molecular formula is C14H16ClN5. The first kappa shape index (κ1) is 13.1. The number of hydrogen-bond acceptors (Lipinski definition) is 4. The zero-order valence-corrected chi connectivity index (χ0v) is 11.9. The minimum Gasteiger partial charge on any atom is -0.400 e. The van der Waals surface area contributed by atoms with Crippen molar-refractivity contribution in [3.63, 3.8) is 0 Å². The van der Waals surface area contributed by atoms with Gasteiger partial charge in [0, 0.05) is 30.6 Å². The molecule has 0 fully saturated rings. The number of aromatic nitrogens is 3. The first-order valence-corrected chi connectivity index (χ1v) is 6.84. The number of likely N-dealkylation sites (N-methyl/N-ethyl adjacent to an activating group) is 1. The summed E-state index contributed by atoms with van der Waals surface area (Å²) in [6.45, 7) is 0.935. The Morgan fingerprint density at radius 3 is 3.20 bits per heavy atom. The van der Waals surface area contributed by atoms with Crippen molar-refractivity contribution in [2.75, 3.05) is 13.6 Å². The second-order valence-corrected chi connectivity index (χ2v) is 5.32. The normalized spacial score (nSPS) is 19.9. The molecule has 6 heteroatoms. The highest BCUT2D eigenvalue weighted by molar-refractivity contribution is 6.31. The third-order valence-corrected chi connectivity index (χ3v) is 3.89. The van der Waals surface area contributed by atoms with Gasteiger partial charge in [-0.1, -0.05) is 11.6 Å². The SMILES string of the molecule is CN1CCc2[nH]cnc2C1/C(N)=C/c1ncccc1Cl. The molecule has 1 unspecified atom stereocenters. The molecule has 2 aromatic rings. The molecule has 3 heterocycles. The van der Waals surface area contributed by atoms with Crippen LogP contribution in [0.2, 0.25) is 5.02 Å². The summed E-state index contributed by atoms with van der Waals surface area (Å²) in [6, 6.07) is 3.56. The van der Waals surface area contributed by atoms with E-state index in [0.29, 0.717) is 16.4 Å². The lowest BCUT2D eigenvalue weighted by atomic mass is 10.00. The van der Waals surface area contributed by atoms with Gasteiger partial charge in [-0.05, 0) is 25.3 Å². The van der Waals surface area contributed by atoms with Crippen molar-refractivity contribution in [2.45, 2.75) is 12.5 Å². The molecule has 0 radical (unpaired) electrons. The number of fused-ring (bicyclic) bond motifs is 1. The van der Waals surface area contributed by atoms with Crippen LogP contribution in [0.1, 0.15) is 23.1 Å². The Balaban J connectivity index is 1.99. The summed E-state index contributed by atoms with van der Waals surface area (Å²) < 4.78 is 0. The highest BCUT2D eigenvalue weighted by Crippen LogP contribution is 2.31. The fourth-order valence-corrected chi connectivity index (χ4v) is 2.72. The minimum absolute atomic E-state index is 0.0388. The third kappa shape index (κ3) is 2.30. The number of nitrogens with zero attached hydrogens (tertiary/aromatic N) is 3. The molecule has 0 spiro atoms. The van der Waals surface area contributed by atoms with Gasteiger partial charge >= 0.3 is 0 Å². The molecule has 0 saturated heterocycles. The van der Waals surface area contributed by atoms with Gasteiger partial charge in [0.1, 0.15) is 0 Å². The summed E-state index contributed by atoms with van der Waals surface area (Å²) in [5, 5.41) is 0.594. The first-order valence-electron chi connectivity index (χ1n) is 6.47.